The van der Waals surface area contributed by atoms with Crippen molar-refractivity contribution in [2.24, 2.45) is 0 Å². The van der Waals surface area contributed by atoms with Crippen LogP contribution in [0.4, 0.5) is 5.82 Å². The molecule has 100 valence electrons. The lowest BCUT2D eigenvalue weighted by Gasteiger charge is -2.30. The number of ether oxygens (including phenoxy) is 1. The molecule has 1 aliphatic rings. The van der Waals surface area contributed by atoms with Crippen molar-refractivity contribution in [2.75, 3.05) is 25.1 Å². The van der Waals surface area contributed by atoms with Crippen molar-refractivity contribution >= 4 is 5.82 Å². The maximum atomic E-state index is 5.15. The second kappa shape index (κ2) is 6.05. The van der Waals surface area contributed by atoms with E-state index in [2.05, 4.69) is 29.0 Å². The second-order valence-corrected chi connectivity index (χ2v) is 5.10. The molecule has 0 saturated carbocycles. The van der Waals surface area contributed by atoms with E-state index >= 15 is 0 Å². The molecule has 1 saturated heterocycles. The van der Waals surface area contributed by atoms with E-state index in [4.69, 9.17) is 4.74 Å². The van der Waals surface area contributed by atoms with Gasteiger partial charge in [-0.2, -0.15) is 0 Å². The molecule has 1 atom stereocenters. The molecule has 2 heterocycles. The Bertz CT molecular complexity index is 358. The summed E-state index contributed by atoms with van der Waals surface area (Å²) in [6.07, 6.45) is 4.33. The van der Waals surface area contributed by atoms with Crippen LogP contribution in [0.5, 0.6) is 5.75 Å². The molecule has 0 bridgehead atoms. The van der Waals surface area contributed by atoms with Crippen LogP contribution >= 0.6 is 0 Å². The van der Waals surface area contributed by atoms with Crippen molar-refractivity contribution in [3.8, 4) is 5.75 Å². The minimum absolute atomic E-state index is 0.452. The van der Waals surface area contributed by atoms with Crippen LogP contribution in [0.25, 0.3) is 0 Å². The SMILES string of the molecule is COc1ccc(N(CC2CCCN2)C(C)C)nc1. The maximum absolute atomic E-state index is 5.15. The zero-order valence-electron chi connectivity index (χ0n) is 11.5. The van der Waals surface area contributed by atoms with Crippen LogP contribution in [-0.2, 0) is 0 Å². The van der Waals surface area contributed by atoms with Crippen LogP contribution < -0.4 is 15.0 Å². The van der Waals surface area contributed by atoms with Crippen molar-refractivity contribution in [3.05, 3.63) is 18.3 Å². The van der Waals surface area contributed by atoms with Crippen molar-refractivity contribution in [1.29, 1.82) is 0 Å². The minimum atomic E-state index is 0.452. The summed E-state index contributed by atoms with van der Waals surface area (Å²) in [5, 5.41) is 3.54. The third kappa shape index (κ3) is 3.13. The number of nitrogens with zero attached hydrogens (tertiary/aromatic N) is 2. The minimum Gasteiger partial charge on any atom is -0.495 e. The third-order valence-corrected chi connectivity index (χ3v) is 3.45. The standard InChI is InChI=1S/C14H23N3O/c1-11(2)17(10-12-5-4-8-15-12)14-7-6-13(18-3)9-16-14/h6-7,9,11-12,15H,4-5,8,10H2,1-3H3. The molecule has 1 fully saturated rings. The van der Waals surface area contributed by atoms with E-state index in [0.29, 0.717) is 12.1 Å². The Balaban J connectivity index is 2.07. The monoisotopic (exact) mass is 249 g/mol. The highest BCUT2D eigenvalue weighted by molar-refractivity contribution is 5.42. The van der Waals surface area contributed by atoms with E-state index in [1.165, 1.54) is 12.8 Å². The predicted molar refractivity (Wildman–Crippen MR) is 74.3 cm³/mol. The van der Waals surface area contributed by atoms with Gasteiger partial charge in [0.05, 0.1) is 13.3 Å². The normalized spacial score (nSPS) is 19.2. The van der Waals surface area contributed by atoms with Gasteiger partial charge in [-0.15, -0.1) is 0 Å². The fourth-order valence-electron chi connectivity index (χ4n) is 2.38. The van der Waals surface area contributed by atoms with Gasteiger partial charge in [-0.25, -0.2) is 4.98 Å². The van der Waals surface area contributed by atoms with Crippen LogP contribution in [0, 0.1) is 0 Å². The average molecular weight is 249 g/mol. The molecule has 1 aromatic heterocycles. The molecule has 0 aromatic carbocycles. The number of aromatic nitrogens is 1. The summed E-state index contributed by atoms with van der Waals surface area (Å²) >= 11 is 0. The lowest BCUT2D eigenvalue weighted by Crippen LogP contribution is -2.41. The average Bonchev–Trinajstić information content (AvgIpc) is 2.89. The lowest BCUT2D eigenvalue weighted by atomic mass is 10.2. The lowest BCUT2D eigenvalue weighted by molar-refractivity contribution is 0.412. The van der Waals surface area contributed by atoms with E-state index in [1.54, 1.807) is 13.3 Å². The molecule has 2 rings (SSSR count). The molecule has 1 aromatic rings. The molecule has 0 radical (unpaired) electrons. The van der Waals surface area contributed by atoms with E-state index in [1.807, 2.05) is 12.1 Å². The van der Waals surface area contributed by atoms with Gasteiger partial charge < -0.3 is 15.0 Å². The fraction of sp³-hybridized carbons (Fsp3) is 0.643. The van der Waals surface area contributed by atoms with Gasteiger partial charge in [0, 0.05) is 18.6 Å². The summed E-state index contributed by atoms with van der Waals surface area (Å²) in [7, 11) is 1.67. The number of hydrogen-bond donors (Lipinski definition) is 1. The number of pyridine rings is 1. The largest absolute Gasteiger partial charge is 0.495 e. The van der Waals surface area contributed by atoms with E-state index in [9.17, 15) is 0 Å². The summed E-state index contributed by atoms with van der Waals surface area (Å²) in [6, 6.07) is 5.05. The maximum Gasteiger partial charge on any atom is 0.137 e. The summed E-state index contributed by atoms with van der Waals surface area (Å²) in [5.41, 5.74) is 0. The van der Waals surface area contributed by atoms with Gasteiger partial charge in [0.15, 0.2) is 0 Å². The molecule has 4 heteroatoms. The third-order valence-electron chi connectivity index (χ3n) is 3.45. The number of nitrogens with one attached hydrogen (secondary N) is 1. The highest BCUT2D eigenvalue weighted by Crippen LogP contribution is 2.19. The van der Waals surface area contributed by atoms with Crippen LogP contribution in [0.2, 0.25) is 0 Å². The summed E-state index contributed by atoms with van der Waals surface area (Å²) < 4.78 is 5.15. The van der Waals surface area contributed by atoms with Crippen LogP contribution in [0.15, 0.2) is 18.3 Å². The molecule has 0 spiro atoms. The van der Waals surface area contributed by atoms with E-state index in [0.717, 1.165) is 24.7 Å². The summed E-state index contributed by atoms with van der Waals surface area (Å²) in [6.45, 7) is 6.59. The number of rotatable bonds is 5. The van der Waals surface area contributed by atoms with Crippen LogP contribution in [0.3, 0.4) is 0 Å². The van der Waals surface area contributed by atoms with Gasteiger partial charge in [0.25, 0.3) is 0 Å². The molecular weight excluding hydrogens is 226 g/mol. The van der Waals surface area contributed by atoms with E-state index < -0.39 is 0 Å². The first-order valence-electron chi connectivity index (χ1n) is 6.70. The number of hydrogen-bond acceptors (Lipinski definition) is 4. The fourth-order valence-corrected chi connectivity index (χ4v) is 2.38. The molecule has 0 amide bonds. The van der Waals surface area contributed by atoms with Crippen LogP contribution in [-0.4, -0.2) is 37.3 Å². The zero-order chi connectivity index (χ0) is 13.0. The molecular formula is C14H23N3O. The predicted octanol–water partition coefficient (Wildman–Crippen LogP) is 2.06. The Morgan fingerprint density at radius 2 is 2.33 bits per heavy atom. The number of anilines is 1. The Hall–Kier alpha value is -1.29. The molecule has 1 N–H and O–H groups in total. The van der Waals surface area contributed by atoms with Gasteiger partial charge in [-0.05, 0) is 45.4 Å². The summed E-state index contributed by atoms with van der Waals surface area (Å²) in [5.74, 6) is 1.83. The Morgan fingerprint density at radius 3 is 2.83 bits per heavy atom. The van der Waals surface area contributed by atoms with Gasteiger partial charge in [-0.1, -0.05) is 0 Å². The highest BCUT2D eigenvalue weighted by Gasteiger charge is 2.20. The summed E-state index contributed by atoms with van der Waals surface area (Å²) in [4.78, 5) is 6.84. The molecule has 1 unspecified atom stereocenters. The van der Waals surface area contributed by atoms with Gasteiger partial charge in [-0.3, -0.25) is 0 Å². The molecule has 0 aliphatic carbocycles. The Kier molecular flexibility index (Phi) is 4.42. The van der Waals surface area contributed by atoms with Crippen molar-refractivity contribution < 1.29 is 4.74 Å². The van der Waals surface area contributed by atoms with E-state index in [-0.39, 0.29) is 0 Å². The molecule has 1 aliphatic heterocycles. The molecule has 18 heavy (non-hydrogen) atoms. The van der Waals surface area contributed by atoms with Crippen molar-refractivity contribution in [3.63, 3.8) is 0 Å². The van der Waals surface area contributed by atoms with Gasteiger partial charge in [0.2, 0.25) is 0 Å². The van der Waals surface area contributed by atoms with Crippen molar-refractivity contribution in [2.45, 2.75) is 38.8 Å². The van der Waals surface area contributed by atoms with Crippen LogP contribution in [0.1, 0.15) is 26.7 Å². The first-order chi connectivity index (χ1) is 8.70. The Labute approximate surface area is 109 Å². The van der Waals surface area contributed by atoms with Gasteiger partial charge in [0.1, 0.15) is 11.6 Å². The second-order valence-electron chi connectivity index (χ2n) is 5.10. The first-order valence-corrected chi connectivity index (χ1v) is 6.70. The number of methoxy groups -OCH3 is 1. The smallest absolute Gasteiger partial charge is 0.137 e. The zero-order valence-corrected chi connectivity index (χ0v) is 11.5. The molecule has 4 nitrogen and oxygen atoms in total. The first kappa shape index (κ1) is 13.1. The Morgan fingerprint density at radius 1 is 1.50 bits per heavy atom. The van der Waals surface area contributed by atoms with Crippen molar-refractivity contribution in [1.82, 2.24) is 10.3 Å². The highest BCUT2D eigenvalue weighted by atomic mass is 16.5. The quantitative estimate of drug-likeness (QED) is 0.866. The van der Waals surface area contributed by atoms with Gasteiger partial charge >= 0.3 is 0 Å². The topological polar surface area (TPSA) is 37.4 Å².